The van der Waals surface area contributed by atoms with Crippen molar-refractivity contribution in [3.05, 3.63) is 57.2 Å². The summed E-state index contributed by atoms with van der Waals surface area (Å²) in [6.45, 7) is 7.70. The summed E-state index contributed by atoms with van der Waals surface area (Å²) in [5.41, 5.74) is 4.21. The van der Waals surface area contributed by atoms with Gasteiger partial charge in [-0.3, -0.25) is 9.59 Å². The smallest absolute Gasteiger partial charge is 0.151 e. The predicted molar refractivity (Wildman–Crippen MR) is 104 cm³/mol. The van der Waals surface area contributed by atoms with Gasteiger partial charge in [0.25, 0.3) is 0 Å². The van der Waals surface area contributed by atoms with E-state index < -0.39 is 5.92 Å². The number of aryl methyl sites for hydroxylation is 3. The molecular formula is C21H24BrNO2. The quantitative estimate of drug-likeness (QED) is 0.703. The predicted octanol–water partition coefficient (Wildman–Crippen LogP) is 4.35. The molecule has 1 saturated carbocycles. The van der Waals surface area contributed by atoms with Crippen LogP contribution in [0.25, 0.3) is 0 Å². The highest BCUT2D eigenvalue weighted by atomic mass is 79.9. The summed E-state index contributed by atoms with van der Waals surface area (Å²) in [6, 6.07) is 4.14. The number of benzene rings is 1. The first-order valence-corrected chi connectivity index (χ1v) is 9.58. The van der Waals surface area contributed by atoms with Gasteiger partial charge in [-0.15, -0.1) is 0 Å². The van der Waals surface area contributed by atoms with E-state index in [1.54, 1.807) is 0 Å². The van der Waals surface area contributed by atoms with Crippen LogP contribution in [0.15, 0.2) is 35.0 Å². The molecular weight excluding hydrogens is 378 g/mol. The van der Waals surface area contributed by atoms with Gasteiger partial charge in [-0.25, -0.2) is 0 Å². The molecule has 1 heterocycles. The lowest BCUT2D eigenvalue weighted by atomic mass is 9.86. The molecule has 0 amide bonds. The van der Waals surface area contributed by atoms with Crippen LogP contribution in [-0.4, -0.2) is 29.6 Å². The van der Waals surface area contributed by atoms with Gasteiger partial charge < -0.3 is 4.90 Å². The topological polar surface area (TPSA) is 37.4 Å². The molecule has 2 aliphatic rings. The van der Waals surface area contributed by atoms with Gasteiger partial charge in [0.2, 0.25) is 0 Å². The Balaban J connectivity index is 1.74. The number of hydrogen-bond acceptors (Lipinski definition) is 3. The third kappa shape index (κ3) is 3.79. The van der Waals surface area contributed by atoms with Crippen LogP contribution in [0.5, 0.6) is 0 Å². The average molecular weight is 402 g/mol. The van der Waals surface area contributed by atoms with Crippen molar-refractivity contribution < 1.29 is 9.59 Å². The Bertz CT molecular complexity index is 755. The minimum atomic E-state index is -0.561. The number of carbonyl (C=O) groups excluding carboxylic acids is 2. The fourth-order valence-electron chi connectivity index (χ4n) is 4.10. The van der Waals surface area contributed by atoms with Crippen molar-refractivity contribution in [2.45, 2.75) is 39.5 Å². The summed E-state index contributed by atoms with van der Waals surface area (Å²) in [7, 11) is 0. The van der Waals surface area contributed by atoms with E-state index in [4.69, 9.17) is 0 Å². The van der Waals surface area contributed by atoms with Crippen molar-refractivity contribution in [3.8, 4) is 0 Å². The molecule has 4 heteroatoms. The maximum Gasteiger partial charge on any atom is 0.151 e. The van der Waals surface area contributed by atoms with Crippen LogP contribution in [-0.2, 0) is 9.59 Å². The third-order valence-electron chi connectivity index (χ3n) is 5.17. The maximum atomic E-state index is 13.0. The van der Waals surface area contributed by atoms with E-state index in [0.717, 1.165) is 40.7 Å². The van der Waals surface area contributed by atoms with E-state index in [9.17, 15) is 9.59 Å². The zero-order chi connectivity index (χ0) is 18.1. The molecule has 0 radical (unpaired) electrons. The Kier molecular flexibility index (Phi) is 5.28. The lowest BCUT2D eigenvalue weighted by Crippen LogP contribution is -2.24. The molecule has 3 rings (SSSR count). The van der Waals surface area contributed by atoms with Crippen LogP contribution in [0.4, 0.5) is 0 Å². The van der Waals surface area contributed by atoms with Crippen molar-refractivity contribution in [2.24, 2.45) is 5.92 Å². The summed E-state index contributed by atoms with van der Waals surface area (Å²) >= 11 is 3.48. The van der Waals surface area contributed by atoms with Gasteiger partial charge in [0.05, 0.1) is 0 Å². The zero-order valence-electron chi connectivity index (χ0n) is 15.0. The fraction of sp³-hybridized carbons (Fsp3) is 0.429. The molecule has 1 aliphatic carbocycles. The Morgan fingerprint density at radius 1 is 1.16 bits per heavy atom. The molecule has 25 heavy (non-hydrogen) atoms. The largest absolute Gasteiger partial charge is 0.373 e. The van der Waals surface area contributed by atoms with Crippen molar-refractivity contribution in [2.75, 3.05) is 13.1 Å². The van der Waals surface area contributed by atoms with E-state index in [-0.39, 0.29) is 17.5 Å². The number of Topliss-reactive ketones (excluding diaryl/α,β-unsaturated/α-hetero) is 2. The molecule has 0 saturated heterocycles. The molecule has 0 spiro atoms. The van der Waals surface area contributed by atoms with Crippen molar-refractivity contribution in [1.82, 2.24) is 4.90 Å². The van der Waals surface area contributed by atoms with Crippen molar-refractivity contribution in [1.29, 1.82) is 0 Å². The maximum absolute atomic E-state index is 13.0. The summed E-state index contributed by atoms with van der Waals surface area (Å²) in [5, 5.41) is 0. The normalized spacial score (nSPS) is 23.4. The van der Waals surface area contributed by atoms with E-state index in [0.29, 0.717) is 6.42 Å². The van der Waals surface area contributed by atoms with Gasteiger partial charge in [-0.1, -0.05) is 23.8 Å². The highest BCUT2D eigenvalue weighted by Gasteiger charge is 2.42. The molecule has 1 aromatic rings. The van der Waals surface area contributed by atoms with E-state index in [2.05, 4.69) is 39.0 Å². The molecule has 3 nitrogen and oxygen atoms in total. The fourth-order valence-corrected chi connectivity index (χ4v) is 4.57. The standard InChI is InChI=1S/C21H24BrNO2/c1-13-9-14(2)19(15(3)10-13)20-18(24)11-16(21(20)25)6-8-23-7-4-5-17(22)12-23/h4-5,9-10,12,16,20H,6-8,11H2,1-3H3. The Morgan fingerprint density at radius 2 is 1.84 bits per heavy atom. The average Bonchev–Trinajstić information content (AvgIpc) is 2.80. The summed E-state index contributed by atoms with van der Waals surface area (Å²) < 4.78 is 1.04. The van der Waals surface area contributed by atoms with Gasteiger partial charge in [0, 0.05) is 36.1 Å². The molecule has 132 valence electrons. The van der Waals surface area contributed by atoms with E-state index in [1.807, 2.05) is 33.0 Å². The highest BCUT2D eigenvalue weighted by molar-refractivity contribution is 9.11. The van der Waals surface area contributed by atoms with Gasteiger partial charge in [-0.05, 0) is 65.9 Å². The Morgan fingerprint density at radius 3 is 2.48 bits per heavy atom. The number of halogens is 1. The van der Waals surface area contributed by atoms with Gasteiger partial charge in [0.15, 0.2) is 5.78 Å². The summed E-state index contributed by atoms with van der Waals surface area (Å²) in [6.07, 6.45) is 7.28. The first kappa shape index (κ1) is 18.1. The van der Waals surface area contributed by atoms with Crippen LogP contribution in [0.3, 0.4) is 0 Å². The third-order valence-corrected chi connectivity index (χ3v) is 5.64. The first-order valence-electron chi connectivity index (χ1n) is 8.79. The molecule has 2 unspecified atom stereocenters. The Labute approximate surface area is 157 Å². The highest BCUT2D eigenvalue weighted by Crippen LogP contribution is 2.37. The number of nitrogens with zero attached hydrogens (tertiary/aromatic N) is 1. The molecule has 1 fully saturated rings. The van der Waals surface area contributed by atoms with Gasteiger partial charge in [-0.2, -0.15) is 0 Å². The van der Waals surface area contributed by atoms with Crippen LogP contribution < -0.4 is 0 Å². The second-order valence-electron chi connectivity index (χ2n) is 7.22. The van der Waals surface area contributed by atoms with Crippen LogP contribution in [0.2, 0.25) is 0 Å². The molecule has 0 aromatic heterocycles. The van der Waals surface area contributed by atoms with Gasteiger partial charge >= 0.3 is 0 Å². The van der Waals surface area contributed by atoms with Gasteiger partial charge in [0.1, 0.15) is 11.7 Å². The minimum absolute atomic E-state index is 0.0836. The zero-order valence-corrected chi connectivity index (χ0v) is 16.6. The molecule has 0 bridgehead atoms. The monoisotopic (exact) mass is 401 g/mol. The molecule has 1 aliphatic heterocycles. The number of allylic oxidation sites excluding steroid dienone is 2. The lowest BCUT2D eigenvalue weighted by Gasteiger charge is -2.23. The van der Waals surface area contributed by atoms with E-state index >= 15 is 0 Å². The molecule has 1 aromatic carbocycles. The summed E-state index contributed by atoms with van der Waals surface area (Å²) in [5.74, 6) is -0.527. The second-order valence-corrected chi connectivity index (χ2v) is 8.13. The van der Waals surface area contributed by atoms with Crippen LogP contribution in [0.1, 0.15) is 41.0 Å². The summed E-state index contributed by atoms with van der Waals surface area (Å²) in [4.78, 5) is 27.8. The lowest BCUT2D eigenvalue weighted by molar-refractivity contribution is -0.124. The molecule has 2 atom stereocenters. The number of rotatable bonds is 4. The van der Waals surface area contributed by atoms with Crippen LogP contribution in [0, 0.1) is 26.7 Å². The van der Waals surface area contributed by atoms with Crippen molar-refractivity contribution in [3.63, 3.8) is 0 Å². The minimum Gasteiger partial charge on any atom is -0.373 e. The number of hydrogen-bond donors (Lipinski definition) is 0. The first-order chi connectivity index (χ1) is 11.9. The number of carbonyl (C=O) groups is 2. The van der Waals surface area contributed by atoms with Crippen molar-refractivity contribution >= 4 is 27.5 Å². The SMILES string of the molecule is Cc1cc(C)c(C2C(=O)CC(CCN3C=C(Br)C=CC3)C2=O)c(C)c1. The second kappa shape index (κ2) is 7.28. The van der Waals surface area contributed by atoms with Crippen LogP contribution >= 0.6 is 15.9 Å². The number of ketones is 2. The van der Waals surface area contributed by atoms with E-state index in [1.165, 1.54) is 5.56 Å². The molecule has 0 N–H and O–H groups in total. The Hall–Kier alpha value is -1.68.